The van der Waals surface area contributed by atoms with Crippen molar-refractivity contribution in [1.29, 1.82) is 0 Å². The Bertz CT molecular complexity index is 319. The van der Waals surface area contributed by atoms with Crippen LogP contribution in [0.2, 0.25) is 0 Å². The molecule has 3 heteroatoms. The Balaban J connectivity index is 1.62. The summed E-state index contributed by atoms with van der Waals surface area (Å²) < 4.78 is 6.76. The van der Waals surface area contributed by atoms with Crippen LogP contribution in [0.3, 0.4) is 0 Å². The molecule has 1 saturated carbocycles. The van der Waals surface area contributed by atoms with E-state index in [4.69, 9.17) is 4.74 Å². The predicted octanol–water partition coefficient (Wildman–Crippen LogP) is 4.78. The maximum atomic E-state index is 5.67. The third-order valence-corrected chi connectivity index (χ3v) is 4.57. The minimum atomic E-state index is 0.709. The lowest BCUT2D eigenvalue weighted by Gasteiger charge is -2.09. The van der Waals surface area contributed by atoms with Crippen molar-refractivity contribution < 1.29 is 4.74 Å². The number of halogens is 2. The molecular weight excluding hydrogens is 332 g/mol. The largest absolute Gasteiger partial charge is 0.494 e. The summed E-state index contributed by atoms with van der Waals surface area (Å²) in [6.45, 7) is 0.816. The molecule has 1 aromatic carbocycles. The fourth-order valence-corrected chi connectivity index (χ4v) is 2.81. The summed E-state index contributed by atoms with van der Waals surface area (Å²) in [5.74, 6) is 1.90. The van der Waals surface area contributed by atoms with Crippen LogP contribution in [0.4, 0.5) is 0 Å². The van der Waals surface area contributed by atoms with Crippen molar-refractivity contribution in [2.75, 3.05) is 6.61 Å². The first-order valence-electron chi connectivity index (χ1n) is 5.78. The minimum Gasteiger partial charge on any atom is -0.494 e. The van der Waals surface area contributed by atoms with Crippen molar-refractivity contribution in [3.8, 4) is 5.75 Å². The predicted molar refractivity (Wildman–Crippen MR) is 74.3 cm³/mol. The standard InChI is InChI=1S/C13H16Br2O/c14-11-5-7-12(8-6-11)16-9-1-2-13(15)10-3-4-10/h5-8,10,13H,1-4,9H2. The molecule has 1 aromatic rings. The molecule has 2 rings (SSSR count). The van der Waals surface area contributed by atoms with E-state index in [2.05, 4.69) is 31.9 Å². The molecule has 0 radical (unpaired) electrons. The van der Waals surface area contributed by atoms with Crippen LogP contribution in [0, 0.1) is 5.92 Å². The molecular formula is C13H16Br2O. The summed E-state index contributed by atoms with van der Waals surface area (Å²) in [4.78, 5) is 0.709. The van der Waals surface area contributed by atoms with E-state index in [9.17, 15) is 0 Å². The van der Waals surface area contributed by atoms with Gasteiger partial charge in [0.15, 0.2) is 0 Å². The van der Waals surface area contributed by atoms with E-state index in [1.807, 2.05) is 24.3 Å². The van der Waals surface area contributed by atoms with Crippen molar-refractivity contribution >= 4 is 31.9 Å². The van der Waals surface area contributed by atoms with Gasteiger partial charge in [0.2, 0.25) is 0 Å². The van der Waals surface area contributed by atoms with E-state index in [0.717, 1.165) is 29.2 Å². The molecule has 1 unspecified atom stereocenters. The van der Waals surface area contributed by atoms with Crippen LogP contribution >= 0.6 is 31.9 Å². The van der Waals surface area contributed by atoms with Gasteiger partial charge in [0.25, 0.3) is 0 Å². The van der Waals surface area contributed by atoms with E-state index in [1.54, 1.807) is 0 Å². The van der Waals surface area contributed by atoms with E-state index in [0.29, 0.717) is 4.83 Å². The van der Waals surface area contributed by atoms with Gasteiger partial charge >= 0.3 is 0 Å². The monoisotopic (exact) mass is 346 g/mol. The lowest BCUT2D eigenvalue weighted by atomic mass is 10.2. The van der Waals surface area contributed by atoms with Gasteiger partial charge in [-0.15, -0.1) is 0 Å². The van der Waals surface area contributed by atoms with E-state index < -0.39 is 0 Å². The van der Waals surface area contributed by atoms with Gasteiger partial charge in [-0.1, -0.05) is 31.9 Å². The molecule has 0 saturated heterocycles. The number of alkyl halides is 1. The Hall–Kier alpha value is -0.0200. The van der Waals surface area contributed by atoms with Gasteiger partial charge in [0.1, 0.15) is 5.75 Å². The molecule has 1 nitrogen and oxygen atoms in total. The fourth-order valence-electron chi connectivity index (χ4n) is 1.69. The summed E-state index contributed by atoms with van der Waals surface area (Å²) in [6, 6.07) is 8.01. The van der Waals surface area contributed by atoms with Gasteiger partial charge in [-0.2, -0.15) is 0 Å². The third kappa shape index (κ3) is 4.10. The van der Waals surface area contributed by atoms with Gasteiger partial charge in [0, 0.05) is 9.30 Å². The molecule has 0 heterocycles. The average Bonchev–Trinajstić information content (AvgIpc) is 3.10. The highest BCUT2D eigenvalue weighted by Gasteiger charge is 2.28. The molecule has 0 aliphatic heterocycles. The Morgan fingerprint density at radius 2 is 1.94 bits per heavy atom. The fraction of sp³-hybridized carbons (Fsp3) is 0.538. The Kier molecular flexibility index (Phi) is 4.71. The highest BCUT2D eigenvalue weighted by molar-refractivity contribution is 9.10. The zero-order valence-electron chi connectivity index (χ0n) is 9.16. The zero-order chi connectivity index (χ0) is 11.4. The summed E-state index contributed by atoms with van der Waals surface area (Å²) in [7, 11) is 0. The minimum absolute atomic E-state index is 0.709. The normalized spacial score (nSPS) is 17.1. The highest BCUT2D eigenvalue weighted by atomic mass is 79.9. The molecule has 0 aromatic heterocycles. The number of ether oxygens (including phenoxy) is 1. The van der Waals surface area contributed by atoms with E-state index in [1.165, 1.54) is 19.3 Å². The highest BCUT2D eigenvalue weighted by Crippen LogP contribution is 2.38. The molecule has 16 heavy (non-hydrogen) atoms. The quantitative estimate of drug-likeness (QED) is 0.531. The molecule has 0 bridgehead atoms. The molecule has 1 atom stereocenters. The van der Waals surface area contributed by atoms with Crippen LogP contribution in [0.5, 0.6) is 5.75 Å². The van der Waals surface area contributed by atoms with E-state index in [-0.39, 0.29) is 0 Å². The molecule has 1 fully saturated rings. The number of benzene rings is 1. The van der Waals surface area contributed by atoms with Gasteiger partial charge in [-0.3, -0.25) is 0 Å². The number of rotatable bonds is 6. The van der Waals surface area contributed by atoms with Crippen molar-refractivity contribution in [3.05, 3.63) is 28.7 Å². The van der Waals surface area contributed by atoms with Crippen molar-refractivity contribution in [3.63, 3.8) is 0 Å². The summed E-state index contributed by atoms with van der Waals surface area (Å²) in [6.07, 6.45) is 5.16. The smallest absolute Gasteiger partial charge is 0.119 e. The van der Waals surface area contributed by atoms with Gasteiger partial charge < -0.3 is 4.74 Å². The molecule has 1 aliphatic carbocycles. The maximum Gasteiger partial charge on any atom is 0.119 e. The Labute approximate surface area is 114 Å². The SMILES string of the molecule is Brc1ccc(OCCCC(Br)C2CC2)cc1. The number of hydrogen-bond acceptors (Lipinski definition) is 1. The molecule has 0 spiro atoms. The summed E-state index contributed by atoms with van der Waals surface area (Å²) >= 11 is 7.15. The van der Waals surface area contributed by atoms with Crippen LogP contribution in [0.15, 0.2) is 28.7 Å². The second-order valence-electron chi connectivity index (χ2n) is 4.30. The Morgan fingerprint density at radius 3 is 2.56 bits per heavy atom. The molecule has 0 N–H and O–H groups in total. The molecule has 1 aliphatic rings. The average molecular weight is 348 g/mol. The first kappa shape index (κ1) is 12.4. The summed E-state index contributed by atoms with van der Waals surface area (Å²) in [5, 5.41) is 0. The van der Waals surface area contributed by atoms with Crippen molar-refractivity contribution in [1.82, 2.24) is 0 Å². The topological polar surface area (TPSA) is 9.23 Å². The third-order valence-electron chi connectivity index (χ3n) is 2.84. The second-order valence-corrected chi connectivity index (χ2v) is 6.39. The number of hydrogen-bond donors (Lipinski definition) is 0. The Morgan fingerprint density at radius 1 is 1.25 bits per heavy atom. The van der Waals surface area contributed by atoms with Crippen LogP contribution < -0.4 is 4.74 Å². The molecule has 88 valence electrons. The van der Waals surface area contributed by atoms with Crippen LogP contribution in [0.1, 0.15) is 25.7 Å². The van der Waals surface area contributed by atoms with Gasteiger partial charge in [0.05, 0.1) is 6.61 Å². The maximum absolute atomic E-state index is 5.67. The van der Waals surface area contributed by atoms with Crippen molar-refractivity contribution in [2.24, 2.45) is 5.92 Å². The lowest BCUT2D eigenvalue weighted by Crippen LogP contribution is -2.04. The summed E-state index contributed by atoms with van der Waals surface area (Å²) in [5.41, 5.74) is 0. The lowest BCUT2D eigenvalue weighted by molar-refractivity contribution is 0.305. The first-order valence-corrected chi connectivity index (χ1v) is 7.49. The zero-order valence-corrected chi connectivity index (χ0v) is 12.3. The van der Waals surface area contributed by atoms with Crippen LogP contribution in [0.25, 0.3) is 0 Å². The van der Waals surface area contributed by atoms with Crippen molar-refractivity contribution in [2.45, 2.75) is 30.5 Å². The van der Waals surface area contributed by atoms with E-state index >= 15 is 0 Å². The second kappa shape index (κ2) is 6.06. The van der Waals surface area contributed by atoms with Gasteiger partial charge in [-0.25, -0.2) is 0 Å². The molecule has 0 amide bonds. The first-order chi connectivity index (χ1) is 7.75. The van der Waals surface area contributed by atoms with Crippen LogP contribution in [-0.2, 0) is 0 Å². The van der Waals surface area contributed by atoms with Gasteiger partial charge in [-0.05, 0) is 55.9 Å². The van der Waals surface area contributed by atoms with Crippen LogP contribution in [-0.4, -0.2) is 11.4 Å².